The lowest BCUT2D eigenvalue weighted by atomic mass is 9.89. The number of hydrogen-bond acceptors (Lipinski definition) is 3. The van der Waals surface area contributed by atoms with Crippen molar-refractivity contribution < 1.29 is 14.3 Å². The number of carbonyl (C=O) groups excluding carboxylic acids is 1. The summed E-state index contributed by atoms with van der Waals surface area (Å²) in [5.41, 5.74) is 0. The van der Waals surface area contributed by atoms with Gasteiger partial charge in [-0.1, -0.05) is 19.8 Å². The van der Waals surface area contributed by atoms with E-state index in [0.717, 1.165) is 38.1 Å². The molecule has 2 fully saturated rings. The van der Waals surface area contributed by atoms with Crippen molar-refractivity contribution in [2.75, 3.05) is 20.3 Å². The van der Waals surface area contributed by atoms with Crippen LogP contribution in [0.25, 0.3) is 0 Å². The predicted molar refractivity (Wildman–Crippen MR) is 78.6 cm³/mol. The summed E-state index contributed by atoms with van der Waals surface area (Å²) in [5, 5.41) is 0. The second kappa shape index (κ2) is 7.41. The Morgan fingerprint density at radius 2 is 1.95 bits per heavy atom. The number of amides is 1. The number of methoxy groups -OCH3 is 1. The minimum Gasteiger partial charge on any atom is -0.381 e. The van der Waals surface area contributed by atoms with Crippen molar-refractivity contribution in [3.63, 3.8) is 0 Å². The van der Waals surface area contributed by atoms with Crippen LogP contribution in [0.2, 0.25) is 0 Å². The molecule has 4 heteroatoms. The normalized spacial score (nSPS) is 35.0. The van der Waals surface area contributed by atoms with Crippen LogP contribution in [0.1, 0.15) is 52.4 Å². The topological polar surface area (TPSA) is 38.8 Å². The molecule has 116 valence electrons. The number of ether oxygens (including phenoxy) is 2. The molecule has 0 unspecified atom stereocenters. The maximum absolute atomic E-state index is 12.3. The number of likely N-dealkylation sites (tertiary alicyclic amines) is 1. The van der Waals surface area contributed by atoms with Gasteiger partial charge in [0.2, 0.25) is 5.91 Å². The van der Waals surface area contributed by atoms with Crippen LogP contribution < -0.4 is 0 Å². The van der Waals surface area contributed by atoms with Crippen molar-refractivity contribution in [2.24, 2.45) is 5.92 Å². The standard InChI is InChI=1S/C16H29NO3/c1-12-5-4-6-15(9-12)20-11-16(18)17-8-7-14(19-3)10-13(17)2/h12-15H,4-11H2,1-3H3/t12-,13-,14+,15+/m0/s1. The predicted octanol–water partition coefficient (Wildman–Crippen LogP) is 2.61. The van der Waals surface area contributed by atoms with Crippen molar-refractivity contribution in [1.82, 2.24) is 4.90 Å². The van der Waals surface area contributed by atoms with Gasteiger partial charge in [0.25, 0.3) is 0 Å². The number of hydrogen-bond donors (Lipinski definition) is 0. The van der Waals surface area contributed by atoms with Crippen LogP contribution >= 0.6 is 0 Å². The largest absolute Gasteiger partial charge is 0.381 e. The van der Waals surface area contributed by atoms with Crippen LogP contribution in [0.5, 0.6) is 0 Å². The molecule has 1 aliphatic carbocycles. The molecule has 2 rings (SSSR count). The maximum Gasteiger partial charge on any atom is 0.248 e. The minimum absolute atomic E-state index is 0.144. The van der Waals surface area contributed by atoms with Crippen molar-refractivity contribution in [1.29, 1.82) is 0 Å². The third kappa shape index (κ3) is 4.19. The Labute approximate surface area is 122 Å². The summed E-state index contributed by atoms with van der Waals surface area (Å²) >= 11 is 0. The average Bonchev–Trinajstić information content (AvgIpc) is 2.44. The molecule has 1 amide bonds. The zero-order valence-electron chi connectivity index (χ0n) is 13.1. The van der Waals surface area contributed by atoms with Crippen molar-refractivity contribution in [2.45, 2.75) is 70.6 Å². The summed E-state index contributed by atoms with van der Waals surface area (Å²) in [5.74, 6) is 0.880. The van der Waals surface area contributed by atoms with E-state index in [1.165, 1.54) is 12.8 Å². The average molecular weight is 283 g/mol. The first-order valence-electron chi connectivity index (χ1n) is 8.04. The van der Waals surface area contributed by atoms with Gasteiger partial charge >= 0.3 is 0 Å². The van der Waals surface area contributed by atoms with Crippen LogP contribution in [-0.4, -0.2) is 49.3 Å². The molecule has 2 aliphatic rings. The number of piperidine rings is 1. The van der Waals surface area contributed by atoms with Crippen molar-refractivity contribution >= 4 is 5.91 Å². The van der Waals surface area contributed by atoms with Gasteiger partial charge in [-0.15, -0.1) is 0 Å². The Kier molecular flexibility index (Phi) is 5.85. The fourth-order valence-electron chi connectivity index (χ4n) is 3.52. The highest BCUT2D eigenvalue weighted by atomic mass is 16.5. The van der Waals surface area contributed by atoms with E-state index in [2.05, 4.69) is 13.8 Å². The van der Waals surface area contributed by atoms with Crippen LogP contribution in [0.15, 0.2) is 0 Å². The molecule has 4 nitrogen and oxygen atoms in total. The van der Waals surface area contributed by atoms with E-state index in [1.807, 2.05) is 4.90 Å². The van der Waals surface area contributed by atoms with E-state index >= 15 is 0 Å². The lowest BCUT2D eigenvalue weighted by molar-refractivity contribution is -0.144. The SMILES string of the molecule is CO[C@@H]1CCN(C(=O)CO[C@@H]2CCC[C@H](C)C2)[C@@H](C)C1. The maximum atomic E-state index is 12.3. The number of carbonyl (C=O) groups is 1. The van der Waals surface area contributed by atoms with Gasteiger partial charge in [-0.25, -0.2) is 0 Å². The molecule has 0 bridgehead atoms. The Morgan fingerprint density at radius 3 is 2.60 bits per heavy atom. The summed E-state index contributed by atoms with van der Waals surface area (Å²) in [6.45, 7) is 5.42. The lowest BCUT2D eigenvalue weighted by Crippen LogP contribution is -2.48. The highest BCUT2D eigenvalue weighted by molar-refractivity contribution is 5.77. The molecule has 1 heterocycles. The van der Waals surface area contributed by atoms with E-state index in [4.69, 9.17) is 9.47 Å². The van der Waals surface area contributed by atoms with Crippen LogP contribution in [-0.2, 0) is 14.3 Å². The van der Waals surface area contributed by atoms with Gasteiger partial charge in [-0.05, 0) is 38.5 Å². The lowest BCUT2D eigenvalue weighted by Gasteiger charge is -2.37. The Hall–Kier alpha value is -0.610. The van der Waals surface area contributed by atoms with Crippen LogP contribution in [0, 0.1) is 5.92 Å². The van der Waals surface area contributed by atoms with Gasteiger partial charge in [0.05, 0.1) is 12.2 Å². The van der Waals surface area contributed by atoms with Gasteiger partial charge in [0.1, 0.15) is 6.61 Å². The van der Waals surface area contributed by atoms with Crippen LogP contribution in [0.4, 0.5) is 0 Å². The molecule has 0 aromatic heterocycles. The first-order valence-corrected chi connectivity index (χ1v) is 8.04. The Balaban J connectivity index is 1.74. The molecule has 4 atom stereocenters. The minimum atomic E-state index is 0.144. The third-order valence-corrected chi connectivity index (χ3v) is 4.81. The van der Waals surface area contributed by atoms with E-state index in [0.29, 0.717) is 6.10 Å². The smallest absolute Gasteiger partial charge is 0.248 e. The van der Waals surface area contributed by atoms with E-state index in [-0.39, 0.29) is 24.7 Å². The van der Waals surface area contributed by atoms with Gasteiger partial charge < -0.3 is 14.4 Å². The molecule has 1 saturated carbocycles. The zero-order chi connectivity index (χ0) is 14.5. The quantitative estimate of drug-likeness (QED) is 0.796. The highest BCUT2D eigenvalue weighted by Gasteiger charge is 2.29. The van der Waals surface area contributed by atoms with E-state index < -0.39 is 0 Å². The monoisotopic (exact) mass is 283 g/mol. The summed E-state index contributed by atoms with van der Waals surface area (Å²) in [7, 11) is 1.75. The molecule has 0 radical (unpaired) electrons. The van der Waals surface area contributed by atoms with Crippen molar-refractivity contribution in [3.8, 4) is 0 Å². The molecular weight excluding hydrogens is 254 g/mol. The second-order valence-electron chi connectivity index (χ2n) is 6.52. The molecule has 1 saturated heterocycles. The fourth-order valence-corrected chi connectivity index (χ4v) is 3.52. The van der Waals surface area contributed by atoms with Crippen molar-refractivity contribution in [3.05, 3.63) is 0 Å². The molecule has 0 N–H and O–H groups in total. The van der Waals surface area contributed by atoms with E-state index in [1.54, 1.807) is 7.11 Å². The molecule has 0 aromatic rings. The highest BCUT2D eigenvalue weighted by Crippen LogP contribution is 2.26. The Morgan fingerprint density at radius 1 is 1.15 bits per heavy atom. The van der Waals surface area contributed by atoms with E-state index in [9.17, 15) is 4.79 Å². The van der Waals surface area contributed by atoms with Gasteiger partial charge in [-0.3, -0.25) is 4.79 Å². The Bertz CT molecular complexity index is 321. The molecule has 0 spiro atoms. The molecule has 0 aromatic carbocycles. The van der Waals surface area contributed by atoms with Gasteiger partial charge in [-0.2, -0.15) is 0 Å². The fraction of sp³-hybridized carbons (Fsp3) is 0.938. The summed E-state index contributed by atoms with van der Waals surface area (Å²) in [6.07, 6.45) is 7.21. The summed E-state index contributed by atoms with van der Waals surface area (Å²) in [6, 6.07) is 0.259. The summed E-state index contributed by atoms with van der Waals surface area (Å²) in [4.78, 5) is 14.2. The number of rotatable bonds is 4. The third-order valence-electron chi connectivity index (χ3n) is 4.81. The van der Waals surface area contributed by atoms with Crippen LogP contribution in [0.3, 0.4) is 0 Å². The van der Waals surface area contributed by atoms with Gasteiger partial charge in [0.15, 0.2) is 0 Å². The molecule has 1 aliphatic heterocycles. The number of nitrogens with zero attached hydrogens (tertiary/aromatic N) is 1. The zero-order valence-corrected chi connectivity index (χ0v) is 13.1. The molecular formula is C16H29NO3. The van der Waals surface area contributed by atoms with Gasteiger partial charge in [0, 0.05) is 19.7 Å². The second-order valence-corrected chi connectivity index (χ2v) is 6.52. The first-order chi connectivity index (χ1) is 9.60. The molecule has 20 heavy (non-hydrogen) atoms. The first kappa shape index (κ1) is 15.8. The summed E-state index contributed by atoms with van der Waals surface area (Å²) < 4.78 is 11.2.